The zero-order valence-corrected chi connectivity index (χ0v) is 12.3. The second kappa shape index (κ2) is 5.31. The number of benzene rings is 1. The second-order valence-electron chi connectivity index (χ2n) is 5.80. The van der Waals surface area contributed by atoms with E-state index in [9.17, 15) is 4.79 Å². The van der Waals surface area contributed by atoms with E-state index in [1.165, 1.54) is 12.0 Å². The molecule has 20 heavy (non-hydrogen) atoms. The molecular formula is C17H22N2O. The Morgan fingerprint density at radius 1 is 1.35 bits per heavy atom. The van der Waals surface area contributed by atoms with Gasteiger partial charge in [0.05, 0.1) is 0 Å². The van der Waals surface area contributed by atoms with Crippen LogP contribution < -0.4 is 0 Å². The standard InChI is InChI=1S/C17H22N2O/c1-3-13-7-8-14-11-16(18-15(14)10-13)17(20)19-9-5-4-6-12(19)2/h7-8,10-12,18H,3-6,9H2,1-2H3. The molecule has 2 heterocycles. The number of carbonyl (C=O) groups excluding carboxylic acids is 1. The predicted octanol–water partition coefficient (Wildman–Crippen LogP) is 3.74. The lowest BCUT2D eigenvalue weighted by Gasteiger charge is -2.33. The molecule has 1 unspecified atom stereocenters. The number of nitrogens with one attached hydrogen (secondary N) is 1. The van der Waals surface area contributed by atoms with Crippen LogP contribution in [0.1, 0.15) is 49.2 Å². The summed E-state index contributed by atoms with van der Waals surface area (Å²) in [5.74, 6) is 0.145. The van der Waals surface area contributed by atoms with Gasteiger partial charge in [-0.3, -0.25) is 4.79 Å². The summed E-state index contributed by atoms with van der Waals surface area (Å²) in [6.07, 6.45) is 4.49. The Balaban J connectivity index is 1.91. The molecule has 3 rings (SSSR count). The zero-order valence-electron chi connectivity index (χ0n) is 12.3. The lowest BCUT2D eigenvalue weighted by molar-refractivity contribution is 0.0630. The van der Waals surface area contributed by atoms with Gasteiger partial charge in [0.15, 0.2) is 0 Å². The molecule has 1 aromatic heterocycles. The number of carbonyl (C=O) groups is 1. The molecule has 1 aliphatic heterocycles. The molecule has 1 amide bonds. The molecule has 1 aromatic carbocycles. The minimum atomic E-state index is 0.145. The molecule has 1 N–H and O–H groups in total. The van der Waals surface area contributed by atoms with Crippen LogP contribution in [0.25, 0.3) is 10.9 Å². The summed E-state index contributed by atoms with van der Waals surface area (Å²) in [6.45, 7) is 5.18. The number of hydrogen-bond donors (Lipinski definition) is 1. The van der Waals surface area contributed by atoms with Crippen LogP contribution in [0.2, 0.25) is 0 Å². The second-order valence-corrected chi connectivity index (χ2v) is 5.80. The van der Waals surface area contributed by atoms with Crippen LogP contribution in [0.5, 0.6) is 0 Å². The minimum absolute atomic E-state index is 0.145. The molecule has 3 nitrogen and oxygen atoms in total. The van der Waals surface area contributed by atoms with Crippen LogP contribution in [0.4, 0.5) is 0 Å². The molecule has 0 aliphatic carbocycles. The van der Waals surface area contributed by atoms with Crippen molar-refractivity contribution in [1.82, 2.24) is 9.88 Å². The summed E-state index contributed by atoms with van der Waals surface area (Å²) in [6, 6.07) is 8.72. The summed E-state index contributed by atoms with van der Waals surface area (Å²) in [5, 5.41) is 1.12. The Kier molecular flexibility index (Phi) is 3.51. The smallest absolute Gasteiger partial charge is 0.270 e. The topological polar surface area (TPSA) is 36.1 Å². The first-order chi connectivity index (χ1) is 9.69. The molecule has 1 fully saturated rings. The number of fused-ring (bicyclic) bond motifs is 1. The Labute approximate surface area is 120 Å². The first-order valence-corrected chi connectivity index (χ1v) is 7.61. The number of likely N-dealkylation sites (tertiary alicyclic amines) is 1. The van der Waals surface area contributed by atoms with E-state index in [0.717, 1.165) is 42.4 Å². The van der Waals surface area contributed by atoms with Crippen LogP contribution in [0, 0.1) is 0 Å². The average molecular weight is 270 g/mol. The maximum absolute atomic E-state index is 12.6. The maximum atomic E-state index is 12.6. The van der Waals surface area contributed by atoms with Gasteiger partial charge >= 0.3 is 0 Å². The van der Waals surface area contributed by atoms with E-state index in [4.69, 9.17) is 0 Å². The van der Waals surface area contributed by atoms with Crippen LogP contribution >= 0.6 is 0 Å². The van der Waals surface area contributed by atoms with Crippen molar-refractivity contribution in [1.29, 1.82) is 0 Å². The average Bonchev–Trinajstić information content (AvgIpc) is 2.89. The minimum Gasteiger partial charge on any atom is -0.351 e. The number of hydrogen-bond acceptors (Lipinski definition) is 1. The number of piperidine rings is 1. The molecule has 0 saturated carbocycles. The van der Waals surface area contributed by atoms with E-state index >= 15 is 0 Å². The fourth-order valence-electron chi connectivity index (χ4n) is 3.06. The fraction of sp³-hybridized carbons (Fsp3) is 0.471. The molecule has 1 atom stereocenters. The monoisotopic (exact) mass is 270 g/mol. The van der Waals surface area contributed by atoms with Crippen molar-refractivity contribution >= 4 is 16.8 Å². The molecule has 106 valence electrons. The first kappa shape index (κ1) is 13.2. The largest absolute Gasteiger partial charge is 0.351 e. The van der Waals surface area contributed by atoms with Gasteiger partial charge in [-0.1, -0.05) is 19.1 Å². The summed E-state index contributed by atoms with van der Waals surface area (Å²) in [7, 11) is 0. The van der Waals surface area contributed by atoms with Gasteiger partial charge in [0.25, 0.3) is 5.91 Å². The van der Waals surface area contributed by atoms with E-state index in [0.29, 0.717) is 6.04 Å². The molecule has 1 saturated heterocycles. The number of amides is 1. The SMILES string of the molecule is CCc1ccc2cc(C(=O)N3CCCCC3C)[nH]c2c1. The number of aromatic amines is 1. The zero-order chi connectivity index (χ0) is 14.1. The first-order valence-electron chi connectivity index (χ1n) is 7.61. The Morgan fingerprint density at radius 2 is 2.20 bits per heavy atom. The molecule has 1 aliphatic rings. The lowest BCUT2D eigenvalue weighted by atomic mass is 10.0. The number of aromatic nitrogens is 1. The Morgan fingerprint density at radius 3 is 2.95 bits per heavy atom. The van der Waals surface area contributed by atoms with Crippen LogP contribution in [-0.2, 0) is 6.42 Å². The third-order valence-electron chi connectivity index (χ3n) is 4.39. The van der Waals surface area contributed by atoms with Gasteiger partial charge in [0, 0.05) is 23.5 Å². The maximum Gasteiger partial charge on any atom is 0.270 e. The highest BCUT2D eigenvalue weighted by Crippen LogP contribution is 2.22. The van der Waals surface area contributed by atoms with Gasteiger partial charge in [-0.05, 0) is 50.3 Å². The highest BCUT2D eigenvalue weighted by molar-refractivity contribution is 5.98. The highest BCUT2D eigenvalue weighted by atomic mass is 16.2. The van der Waals surface area contributed by atoms with E-state index in [1.807, 2.05) is 11.0 Å². The number of rotatable bonds is 2. The molecule has 0 bridgehead atoms. The van der Waals surface area contributed by atoms with E-state index in [1.54, 1.807) is 0 Å². The molecule has 0 spiro atoms. The lowest BCUT2D eigenvalue weighted by Crippen LogP contribution is -2.42. The summed E-state index contributed by atoms with van der Waals surface area (Å²) < 4.78 is 0. The normalized spacial score (nSPS) is 19.5. The van der Waals surface area contributed by atoms with Crippen molar-refractivity contribution in [2.45, 2.75) is 45.6 Å². The number of H-pyrrole nitrogens is 1. The van der Waals surface area contributed by atoms with Crippen LogP contribution in [-0.4, -0.2) is 28.4 Å². The summed E-state index contributed by atoms with van der Waals surface area (Å²) in [5.41, 5.74) is 3.09. The van der Waals surface area contributed by atoms with Gasteiger partial charge in [0.2, 0.25) is 0 Å². The number of aryl methyl sites for hydroxylation is 1. The van der Waals surface area contributed by atoms with Crippen LogP contribution in [0.15, 0.2) is 24.3 Å². The molecular weight excluding hydrogens is 248 g/mol. The molecule has 2 aromatic rings. The van der Waals surface area contributed by atoms with E-state index < -0.39 is 0 Å². The summed E-state index contributed by atoms with van der Waals surface area (Å²) >= 11 is 0. The van der Waals surface area contributed by atoms with E-state index in [-0.39, 0.29) is 5.91 Å². The van der Waals surface area contributed by atoms with Gasteiger partial charge in [0.1, 0.15) is 5.69 Å². The van der Waals surface area contributed by atoms with E-state index in [2.05, 4.69) is 37.0 Å². The Hall–Kier alpha value is -1.77. The van der Waals surface area contributed by atoms with Gasteiger partial charge in [-0.2, -0.15) is 0 Å². The van der Waals surface area contributed by atoms with Gasteiger partial charge in [-0.25, -0.2) is 0 Å². The Bertz CT molecular complexity index is 629. The molecule has 3 heteroatoms. The molecule has 0 radical (unpaired) electrons. The number of nitrogens with zero attached hydrogens (tertiary/aromatic N) is 1. The van der Waals surface area contributed by atoms with Crippen LogP contribution in [0.3, 0.4) is 0 Å². The van der Waals surface area contributed by atoms with Crippen molar-refractivity contribution in [3.05, 3.63) is 35.5 Å². The van der Waals surface area contributed by atoms with Crippen molar-refractivity contribution in [3.8, 4) is 0 Å². The van der Waals surface area contributed by atoms with Gasteiger partial charge in [-0.15, -0.1) is 0 Å². The summed E-state index contributed by atoms with van der Waals surface area (Å²) in [4.78, 5) is 17.9. The van der Waals surface area contributed by atoms with Crippen molar-refractivity contribution < 1.29 is 4.79 Å². The fourth-order valence-corrected chi connectivity index (χ4v) is 3.06. The third kappa shape index (κ3) is 2.33. The van der Waals surface area contributed by atoms with Crippen molar-refractivity contribution in [2.75, 3.05) is 6.54 Å². The predicted molar refractivity (Wildman–Crippen MR) is 82.0 cm³/mol. The van der Waals surface area contributed by atoms with Crippen molar-refractivity contribution in [3.63, 3.8) is 0 Å². The van der Waals surface area contributed by atoms with Gasteiger partial charge < -0.3 is 9.88 Å². The highest BCUT2D eigenvalue weighted by Gasteiger charge is 2.25. The third-order valence-corrected chi connectivity index (χ3v) is 4.39. The van der Waals surface area contributed by atoms with Crippen molar-refractivity contribution in [2.24, 2.45) is 0 Å². The quantitative estimate of drug-likeness (QED) is 0.886.